The number of nitro benzene ring substituents is 1. The van der Waals surface area contributed by atoms with Gasteiger partial charge >= 0.3 is 0 Å². The topological polar surface area (TPSA) is 104 Å². The molecule has 4 rings (SSSR count). The van der Waals surface area contributed by atoms with E-state index in [-0.39, 0.29) is 29.5 Å². The van der Waals surface area contributed by atoms with E-state index in [4.69, 9.17) is 25.5 Å². The number of ether oxygens (including phenoxy) is 2. The van der Waals surface area contributed by atoms with Gasteiger partial charge in [-0.05, 0) is 79.9 Å². The molecule has 184 valence electrons. The summed E-state index contributed by atoms with van der Waals surface area (Å²) in [5.74, 6) is 1.31. The first-order valence-electron chi connectivity index (χ1n) is 11.0. The highest BCUT2D eigenvalue weighted by atomic mass is 35.5. The molecule has 0 radical (unpaired) electrons. The number of benzene rings is 3. The Labute approximate surface area is 212 Å². The Bertz CT molecular complexity index is 1430. The van der Waals surface area contributed by atoms with Crippen LogP contribution in [-0.4, -0.2) is 10.8 Å². The number of carbonyl (C=O) groups is 1. The molecule has 1 heterocycles. The fourth-order valence-corrected chi connectivity index (χ4v) is 3.87. The normalized spacial score (nSPS) is 10.7. The fourth-order valence-electron chi connectivity index (χ4n) is 3.64. The van der Waals surface area contributed by atoms with Crippen molar-refractivity contribution in [2.45, 2.75) is 27.4 Å². The average Bonchev–Trinajstić information content (AvgIpc) is 3.27. The third-order valence-corrected chi connectivity index (χ3v) is 5.42. The van der Waals surface area contributed by atoms with Gasteiger partial charge < -0.3 is 19.2 Å². The predicted octanol–water partition coefficient (Wildman–Crippen LogP) is 7.39. The Kier molecular flexibility index (Phi) is 7.26. The molecular formula is C27H23ClN2O6. The van der Waals surface area contributed by atoms with Gasteiger partial charge in [0.25, 0.3) is 11.6 Å². The minimum Gasteiger partial charge on any atom is -0.485 e. The number of nitrogens with zero attached hydrogens (tertiary/aromatic N) is 1. The molecule has 0 bridgehead atoms. The molecule has 9 heteroatoms. The molecule has 0 aliphatic rings. The average molecular weight is 507 g/mol. The molecule has 0 aliphatic carbocycles. The zero-order valence-electron chi connectivity index (χ0n) is 19.8. The lowest BCUT2D eigenvalue weighted by molar-refractivity contribution is -0.384. The van der Waals surface area contributed by atoms with Gasteiger partial charge in [-0.3, -0.25) is 14.9 Å². The number of hydrogen-bond donors (Lipinski definition) is 1. The van der Waals surface area contributed by atoms with E-state index in [1.165, 1.54) is 24.3 Å². The molecule has 0 saturated carbocycles. The quantitative estimate of drug-likeness (QED) is 0.197. The van der Waals surface area contributed by atoms with Gasteiger partial charge in [0.1, 0.15) is 29.6 Å². The van der Waals surface area contributed by atoms with Gasteiger partial charge in [-0.25, -0.2) is 0 Å². The summed E-state index contributed by atoms with van der Waals surface area (Å²) in [6.45, 7) is 5.84. The van der Waals surface area contributed by atoms with Crippen LogP contribution in [0, 0.1) is 30.9 Å². The van der Waals surface area contributed by atoms with Crippen molar-refractivity contribution in [1.82, 2.24) is 0 Å². The zero-order valence-corrected chi connectivity index (χ0v) is 20.6. The van der Waals surface area contributed by atoms with E-state index >= 15 is 0 Å². The summed E-state index contributed by atoms with van der Waals surface area (Å²) in [7, 11) is 0. The largest absolute Gasteiger partial charge is 0.485 e. The third kappa shape index (κ3) is 6.22. The number of anilines is 1. The Morgan fingerprint density at radius 2 is 1.69 bits per heavy atom. The maximum Gasteiger partial charge on any atom is 0.291 e. The molecule has 1 aromatic heterocycles. The second-order valence-electron chi connectivity index (χ2n) is 8.32. The summed E-state index contributed by atoms with van der Waals surface area (Å²) in [6.07, 6.45) is 0. The van der Waals surface area contributed by atoms with Crippen LogP contribution in [0.1, 0.15) is 33.0 Å². The second-order valence-corrected chi connectivity index (χ2v) is 8.75. The summed E-state index contributed by atoms with van der Waals surface area (Å²) in [5, 5.41) is 14.7. The van der Waals surface area contributed by atoms with Crippen LogP contribution in [0.25, 0.3) is 0 Å². The van der Waals surface area contributed by atoms with Crippen LogP contribution in [0.2, 0.25) is 5.02 Å². The van der Waals surface area contributed by atoms with Crippen LogP contribution in [0.15, 0.2) is 71.1 Å². The van der Waals surface area contributed by atoms with Gasteiger partial charge in [0.05, 0.1) is 16.7 Å². The van der Waals surface area contributed by atoms with Crippen LogP contribution < -0.4 is 14.8 Å². The van der Waals surface area contributed by atoms with Gasteiger partial charge in [-0.2, -0.15) is 0 Å². The number of furan rings is 1. The molecule has 1 amide bonds. The Morgan fingerprint density at radius 3 is 2.39 bits per heavy atom. The van der Waals surface area contributed by atoms with E-state index < -0.39 is 10.8 Å². The van der Waals surface area contributed by atoms with E-state index in [1.807, 2.05) is 39.0 Å². The van der Waals surface area contributed by atoms with Crippen molar-refractivity contribution in [3.8, 4) is 17.2 Å². The first-order chi connectivity index (χ1) is 17.2. The van der Waals surface area contributed by atoms with E-state index in [0.29, 0.717) is 22.3 Å². The highest BCUT2D eigenvalue weighted by molar-refractivity contribution is 6.30. The van der Waals surface area contributed by atoms with Crippen LogP contribution in [0.4, 0.5) is 11.4 Å². The second kappa shape index (κ2) is 10.5. The first-order valence-corrected chi connectivity index (χ1v) is 11.4. The first kappa shape index (κ1) is 24.8. The maximum absolute atomic E-state index is 12.8. The number of carbonyl (C=O) groups excluding carboxylic acids is 1. The number of aryl methyl sites for hydroxylation is 3. The van der Waals surface area contributed by atoms with E-state index in [2.05, 4.69) is 5.32 Å². The number of nitro groups is 1. The Balaban J connectivity index is 1.48. The summed E-state index contributed by atoms with van der Waals surface area (Å²) in [6, 6.07) is 18.1. The minimum atomic E-state index is -0.568. The molecule has 0 fully saturated rings. The molecule has 0 saturated heterocycles. The van der Waals surface area contributed by atoms with Gasteiger partial charge in [-0.1, -0.05) is 17.7 Å². The van der Waals surface area contributed by atoms with Crippen molar-refractivity contribution in [2.75, 3.05) is 5.32 Å². The van der Waals surface area contributed by atoms with Gasteiger partial charge in [0.15, 0.2) is 5.76 Å². The standard InChI is InChI=1S/C27H23ClN2O6/c1-16-8-17(2)10-23(9-16)35-24-13-20(12-21(14-24)30(32)33)29-27(31)26-7-5-22(36-26)15-34-25-6-4-19(28)11-18(25)3/h4-14H,15H2,1-3H3,(H,29,31). The van der Waals surface area contributed by atoms with Crippen LogP contribution in [0.5, 0.6) is 17.2 Å². The molecule has 3 aromatic carbocycles. The number of halogens is 1. The maximum atomic E-state index is 12.8. The summed E-state index contributed by atoms with van der Waals surface area (Å²) >= 11 is 5.96. The molecule has 0 spiro atoms. The van der Waals surface area contributed by atoms with Crippen molar-refractivity contribution in [2.24, 2.45) is 0 Å². The van der Waals surface area contributed by atoms with Crippen LogP contribution >= 0.6 is 11.6 Å². The van der Waals surface area contributed by atoms with E-state index in [0.717, 1.165) is 16.7 Å². The molecule has 36 heavy (non-hydrogen) atoms. The highest BCUT2D eigenvalue weighted by Crippen LogP contribution is 2.31. The van der Waals surface area contributed by atoms with Crippen molar-refractivity contribution in [3.05, 3.63) is 110 Å². The zero-order chi connectivity index (χ0) is 25.8. The van der Waals surface area contributed by atoms with Gasteiger partial charge in [-0.15, -0.1) is 0 Å². The SMILES string of the molecule is Cc1cc(C)cc(Oc2cc(NC(=O)c3ccc(COc4ccc(Cl)cc4C)o3)cc([N+](=O)[O-])c2)c1. The number of rotatable bonds is 8. The van der Waals surface area contributed by atoms with Crippen molar-refractivity contribution < 1.29 is 23.6 Å². The van der Waals surface area contributed by atoms with E-state index in [9.17, 15) is 14.9 Å². The highest BCUT2D eigenvalue weighted by Gasteiger charge is 2.17. The predicted molar refractivity (Wildman–Crippen MR) is 136 cm³/mol. The smallest absolute Gasteiger partial charge is 0.291 e. The Hall–Kier alpha value is -4.30. The van der Waals surface area contributed by atoms with Crippen LogP contribution in [0.3, 0.4) is 0 Å². The van der Waals surface area contributed by atoms with E-state index in [1.54, 1.807) is 24.3 Å². The minimum absolute atomic E-state index is 0.0321. The molecule has 8 nitrogen and oxygen atoms in total. The van der Waals surface area contributed by atoms with Crippen LogP contribution in [-0.2, 0) is 6.61 Å². The lowest BCUT2D eigenvalue weighted by Gasteiger charge is -2.10. The molecular weight excluding hydrogens is 484 g/mol. The Morgan fingerprint density at radius 1 is 0.972 bits per heavy atom. The van der Waals surface area contributed by atoms with Crippen molar-refractivity contribution >= 4 is 28.9 Å². The molecule has 0 aliphatic heterocycles. The number of non-ortho nitro benzene ring substituents is 1. The molecule has 0 unspecified atom stereocenters. The lowest BCUT2D eigenvalue weighted by atomic mass is 10.1. The third-order valence-electron chi connectivity index (χ3n) is 5.18. The lowest BCUT2D eigenvalue weighted by Crippen LogP contribution is -2.11. The fraction of sp³-hybridized carbons (Fsp3) is 0.148. The molecule has 0 atom stereocenters. The number of amides is 1. The summed E-state index contributed by atoms with van der Waals surface area (Å²) < 4.78 is 17.2. The summed E-state index contributed by atoms with van der Waals surface area (Å²) in [4.78, 5) is 23.7. The number of nitrogens with one attached hydrogen (secondary N) is 1. The van der Waals surface area contributed by atoms with Crippen molar-refractivity contribution in [3.63, 3.8) is 0 Å². The molecule has 1 N–H and O–H groups in total. The van der Waals surface area contributed by atoms with Gasteiger partial charge in [0, 0.05) is 17.2 Å². The summed E-state index contributed by atoms with van der Waals surface area (Å²) in [5.41, 5.74) is 2.83. The monoisotopic (exact) mass is 506 g/mol. The number of hydrogen-bond acceptors (Lipinski definition) is 6. The van der Waals surface area contributed by atoms with Gasteiger partial charge in [0.2, 0.25) is 0 Å². The molecule has 4 aromatic rings. The van der Waals surface area contributed by atoms with Crippen molar-refractivity contribution in [1.29, 1.82) is 0 Å².